The molecule has 4 N–H and O–H groups in total. The Labute approximate surface area is 64.6 Å². The van der Waals surface area contributed by atoms with Gasteiger partial charge in [-0.2, -0.15) is 8.42 Å². The van der Waals surface area contributed by atoms with E-state index in [9.17, 15) is 13.2 Å². The van der Waals surface area contributed by atoms with Gasteiger partial charge >= 0.3 is 5.97 Å². The van der Waals surface area contributed by atoms with Crippen LogP contribution < -0.4 is 9.86 Å². The Kier molecular flexibility index (Phi) is 3.43. The van der Waals surface area contributed by atoms with Crippen LogP contribution in [0.15, 0.2) is 0 Å². The van der Waals surface area contributed by atoms with E-state index in [1.54, 1.807) is 0 Å². The maximum Gasteiger partial charge on any atom is 0.307 e. The highest BCUT2D eigenvalue weighted by Crippen LogP contribution is 1.91. The maximum atomic E-state index is 10.2. The van der Waals surface area contributed by atoms with Gasteiger partial charge in [0, 0.05) is 6.54 Å². The van der Waals surface area contributed by atoms with Gasteiger partial charge in [-0.1, -0.05) is 6.92 Å². The van der Waals surface area contributed by atoms with Crippen LogP contribution in [0, 0.1) is 5.92 Å². The molecule has 0 heterocycles. The summed E-state index contributed by atoms with van der Waals surface area (Å²) in [4.78, 5) is 10.1. The van der Waals surface area contributed by atoms with Gasteiger partial charge in [0.2, 0.25) is 0 Å². The molecular formula is C4H10N2O4S. The lowest BCUT2D eigenvalue weighted by molar-refractivity contribution is -0.140. The number of carboxylic acids is 1. The van der Waals surface area contributed by atoms with Gasteiger partial charge in [0.15, 0.2) is 0 Å². The van der Waals surface area contributed by atoms with Gasteiger partial charge in [-0.15, -0.1) is 0 Å². The van der Waals surface area contributed by atoms with Crippen molar-refractivity contribution in [2.45, 2.75) is 6.92 Å². The van der Waals surface area contributed by atoms with Gasteiger partial charge in [-0.05, 0) is 0 Å². The Morgan fingerprint density at radius 2 is 2.18 bits per heavy atom. The fraction of sp³-hybridized carbons (Fsp3) is 0.750. The van der Waals surface area contributed by atoms with E-state index in [1.165, 1.54) is 6.92 Å². The van der Waals surface area contributed by atoms with Gasteiger partial charge in [0.05, 0.1) is 5.92 Å². The summed E-state index contributed by atoms with van der Waals surface area (Å²) in [5.74, 6) is -1.84. The largest absolute Gasteiger partial charge is 0.481 e. The Bertz CT molecular complexity index is 234. The smallest absolute Gasteiger partial charge is 0.307 e. The number of carboxylic acid groups (broad SMARTS) is 1. The molecule has 0 aromatic carbocycles. The van der Waals surface area contributed by atoms with Crippen molar-refractivity contribution in [2.75, 3.05) is 6.54 Å². The molecule has 7 heteroatoms. The molecule has 0 aromatic rings. The van der Waals surface area contributed by atoms with E-state index < -0.39 is 22.1 Å². The molecule has 66 valence electrons. The molecule has 0 saturated carbocycles. The van der Waals surface area contributed by atoms with Gasteiger partial charge in [0.25, 0.3) is 10.2 Å². The highest BCUT2D eigenvalue weighted by atomic mass is 32.2. The van der Waals surface area contributed by atoms with E-state index in [0.717, 1.165) is 0 Å². The summed E-state index contributed by atoms with van der Waals surface area (Å²) >= 11 is 0. The first-order valence-corrected chi connectivity index (χ1v) is 4.38. The molecular weight excluding hydrogens is 172 g/mol. The summed E-state index contributed by atoms with van der Waals surface area (Å²) in [6, 6.07) is 0. The zero-order valence-electron chi connectivity index (χ0n) is 5.94. The second-order valence-corrected chi connectivity index (χ2v) is 3.51. The van der Waals surface area contributed by atoms with Crippen molar-refractivity contribution in [3.8, 4) is 0 Å². The molecule has 0 aromatic heterocycles. The SMILES string of the molecule is C[C@H](CNS(N)(=O)=O)C(=O)O. The van der Waals surface area contributed by atoms with Crippen molar-refractivity contribution in [2.24, 2.45) is 11.1 Å². The molecule has 0 unspecified atom stereocenters. The fourth-order valence-corrected chi connectivity index (χ4v) is 0.811. The normalized spacial score (nSPS) is 14.4. The van der Waals surface area contributed by atoms with Crippen LogP contribution in [-0.4, -0.2) is 26.0 Å². The van der Waals surface area contributed by atoms with Crippen LogP contribution >= 0.6 is 0 Å². The first kappa shape index (κ1) is 10.3. The second kappa shape index (κ2) is 3.65. The Morgan fingerprint density at radius 3 is 2.45 bits per heavy atom. The first-order chi connectivity index (χ1) is 4.83. The Balaban J connectivity index is 3.82. The van der Waals surface area contributed by atoms with E-state index in [0.29, 0.717) is 0 Å². The minimum absolute atomic E-state index is 0.186. The van der Waals surface area contributed by atoms with Gasteiger partial charge in [-0.3, -0.25) is 4.79 Å². The van der Waals surface area contributed by atoms with Gasteiger partial charge in [0.1, 0.15) is 0 Å². The summed E-state index contributed by atoms with van der Waals surface area (Å²) < 4.78 is 22.3. The first-order valence-electron chi connectivity index (χ1n) is 2.83. The molecule has 0 fully saturated rings. The average molecular weight is 182 g/mol. The molecule has 1 atom stereocenters. The van der Waals surface area contributed by atoms with Gasteiger partial charge < -0.3 is 5.11 Å². The van der Waals surface area contributed by atoms with Crippen molar-refractivity contribution < 1.29 is 18.3 Å². The third kappa shape index (κ3) is 5.77. The van der Waals surface area contributed by atoms with Crippen LogP contribution in [-0.2, 0) is 15.0 Å². The van der Waals surface area contributed by atoms with E-state index in [2.05, 4.69) is 5.14 Å². The van der Waals surface area contributed by atoms with Crippen LogP contribution in [0.2, 0.25) is 0 Å². The van der Waals surface area contributed by atoms with Crippen molar-refractivity contribution in [3.05, 3.63) is 0 Å². The van der Waals surface area contributed by atoms with E-state index in [-0.39, 0.29) is 6.54 Å². The zero-order chi connectivity index (χ0) is 9.07. The van der Waals surface area contributed by atoms with Crippen LogP contribution in [0.25, 0.3) is 0 Å². The lowest BCUT2D eigenvalue weighted by atomic mass is 10.2. The van der Waals surface area contributed by atoms with Crippen LogP contribution in [0.4, 0.5) is 0 Å². The predicted molar refractivity (Wildman–Crippen MR) is 37.9 cm³/mol. The monoisotopic (exact) mass is 182 g/mol. The van der Waals surface area contributed by atoms with E-state index in [1.807, 2.05) is 4.72 Å². The Morgan fingerprint density at radius 1 is 1.73 bits per heavy atom. The van der Waals surface area contributed by atoms with Crippen molar-refractivity contribution in [1.82, 2.24) is 4.72 Å². The maximum absolute atomic E-state index is 10.2. The number of hydrogen-bond donors (Lipinski definition) is 3. The van der Waals surface area contributed by atoms with Crippen molar-refractivity contribution >= 4 is 16.2 Å². The van der Waals surface area contributed by atoms with Crippen LogP contribution in [0.3, 0.4) is 0 Å². The molecule has 0 bridgehead atoms. The molecule has 0 saturated heterocycles. The number of aliphatic carboxylic acids is 1. The van der Waals surface area contributed by atoms with E-state index in [4.69, 9.17) is 5.11 Å². The lowest BCUT2D eigenvalue weighted by Gasteiger charge is -2.04. The molecule has 0 amide bonds. The summed E-state index contributed by atoms with van der Waals surface area (Å²) in [5.41, 5.74) is 0. The summed E-state index contributed by atoms with van der Waals surface area (Å²) in [5, 5.41) is 12.9. The molecule has 0 rings (SSSR count). The summed E-state index contributed by atoms with van der Waals surface area (Å²) in [6.45, 7) is 1.19. The summed E-state index contributed by atoms with van der Waals surface area (Å²) in [7, 11) is -3.77. The number of rotatable bonds is 4. The predicted octanol–water partition coefficient (Wildman–Crippen LogP) is -1.50. The quantitative estimate of drug-likeness (QED) is 0.491. The highest BCUT2D eigenvalue weighted by Gasteiger charge is 2.12. The minimum atomic E-state index is -3.77. The molecule has 0 aliphatic carbocycles. The molecule has 0 aliphatic rings. The zero-order valence-corrected chi connectivity index (χ0v) is 6.76. The third-order valence-electron chi connectivity index (χ3n) is 1.01. The average Bonchev–Trinajstić information content (AvgIpc) is 1.80. The number of hydrogen-bond acceptors (Lipinski definition) is 3. The third-order valence-corrected chi connectivity index (χ3v) is 1.58. The molecule has 0 aliphatic heterocycles. The van der Waals surface area contributed by atoms with Crippen LogP contribution in [0.1, 0.15) is 6.92 Å². The highest BCUT2D eigenvalue weighted by molar-refractivity contribution is 7.87. The number of nitrogens with two attached hydrogens (primary N) is 1. The Hall–Kier alpha value is -0.660. The van der Waals surface area contributed by atoms with E-state index >= 15 is 0 Å². The summed E-state index contributed by atoms with van der Waals surface area (Å²) in [6.07, 6.45) is 0. The number of carbonyl (C=O) groups is 1. The molecule has 6 nitrogen and oxygen atoms in total. The second-order valence-electron chi connectivity index (χ2n) is 2.13. The van der Waals surface area contributed by atoms with Gasteiger partial charge in [-0.25, -0.2) is 9.86 Å². The molecule has 0 spiro atoms. The van der Waals surface area contributed by atoms with Crippen molar-refractivity contribution in [3.63, 3.8) is 0 Å². The standard InChI is InChI=1S/C4H10N2O4S/c1-3(4(7)8)2-6-11(5,9)10/h3,6H,2H2,1H3,(H,7,8)(H2,5,9,10)/t3-/m1/s1. The molecule has 11 heavy (non-hydrogen) atoms. The minimum Gasteiger partial charge on any atom is -0.481 e. The lowest BCUT2D eigenvalue weighted by Crippen LogP contribution is -2.36. The molecule has 0 radical (unpaired) electrons. The number of nitrogens with one attached hydrogen (secondary N) is 1. The van der Waals surface area contributed by atoms with Crippen LogP contribution in [0.5, 0.6) is 0 Å². The topological polar surface area (TPSA) is 109 Å². The fourth-order valence-electron chi connectivity index (χ4n) is 0.328. The van der Waals surface area contributed by atoms with Crippen molar-refractivity contribution in [1.29, 1.82) is 0 Å².